The molecule has 8 heteroatoms. The number of hydrogen-bond donors (Lipinski definition) is 2. The highest BCUT2D eigenvalue weighted by Crippen LogP contribution is 2.33. The van der Waals surface area contributed by atoms with E-state index in [4.69, 9.17) is 16.3 Å². The fourth-order valence-corrected chi connectivity index (χ4v) is 2.95. The van der Waals surface area contributed by atoms with Gasteiger partial charge < -0.3 is 15.4 Å². The van der Waals surface area contributed by atoms with Gasteiger partial charge in [0, 0.05) is 33.6 Å². The number of carbonyl (C=O) groups is 1. The third-order valence-corrected chi connectivity index (χ3v) is 4.79. The van der Waals surface area contributed by atoms with Crippen LogP contribution in [0.4, 0.5) is 17.2 Å². The van der Waals surface area contributed by atoms with E-state index in [1.807, 2.05) is 25.1 Å². The van der Waals surface area contributed by atoms with Gasteiger partial charge in [-0.2, -0.15) is 0 Å². The molecule has 2 N–H and O–H groups in total. The van der Waals surface area contributed by atoms with E-state index in [1.54, 1.807) is 25.3 Å². The normalized spacial score (nSPS) is 11.0. The van der Waals surface area contributed by atoms with Gasteiger partial charge in [-0.25, -0.2) is 9.97 Å². The highest BCUT2D eigenvalue weighted by Gasteiger charge is 2.12. The van der Waals surface area contributed by atoms with Crippen LogP contribution < -0.4 is 15.4 Å². The monoisotopic (exact) mass is 460 g/mol. The number of carbonyl (C=O) groups excluding carboxylic acids is 1. The SMILES string of the molecule is COc1cc2ncnc(Nc3ccc(C)c(Cl)c3)c2cc1NC(=O)C=CCBr. The number of nitrogens with one attached hydrogen (secondary N) is 2. The van der Waals surface area contributed by atoms with Crippen molar-refractivity contribution in [1.82, 2.24) is 9.97 Å². The molecule has 144 valence electrons. The summed E-state index contributed by atoms with van der Waals surface area (Å²) in [7, 11) is 1.54. The second-order valence-electron chi connectivity index (χ2n) is 5.93. The highest BCUT2D eigenvalue weighted by atomic mass is 79.9. The van der Waals surface area contributed by atoms with E-state index in [2.05, 4.69) is 36.5 Å². The Morgan fingerprint density at radius 2 is 2.11 bits per heavy atom. The molecule has 0 radical (unpaired) electrons. The van der Waals surface area contributed by atoms with Crippen LogP contribution in [0.2, 0.25) is 5.02 Å². The van der Waals surface area contributed by atoms with Gasteiger partial charge in [-0.15, -0.1) is 0 Å². The summed E-state index contributed by atoms with van der Waals surface area (Å²) in [6.45, 7) is 1.94. The van der Waals surface area contributed by atoms with Crippen LogP contribution in [0.1, 0.15) is 5.56 Å². The van der Waals surface area contributed by atoms with Gasteiger partial charge in [0.25, 0.3) is 0 Å². The van der Waals surface area contributed by atoms with E-state index in [1.165, 1.54) is 12.4 Å². The summed E-state index contributed by atoms with van der Waals surface area (Å²) >= 11 is 9.46. The maximum absolute atomic E-state index is 12.1. The Kier molecular flexibility index (Phi) is 6.49. The lowest BCUT2D eigenvalue weighted by Gasteiger charge is -2.13. The van der Waals surface area contributed by atoms with Crippen molar-refractivity contribution >= 4 is 61.5 Å². The number of halogens is 2. The topological polar surface area (TPSA) is 76.1 Å². The molecule has 0 atom stereocenters. The Labute approximate surface area is 176 Å². The zero-order chi connectivity index (χ0) is 20.1. The lowest BCUT2D eigenvalue weighted by atomic mass is 10.1. The third-order valence-electron chi connectivity index (χ3n) is 4.01. The Balaban J connectivity index is 2.01. The molecule has 1 amide bonds. The van der Waals surface area contributed by atoms with Crippen LogP contribution >= 0.6 is 27.5 Å². The lowest BCUT2D eigenvalue weighted by Crippen LogP contribution is -2.09. The molecule has 28 heavy (non-hydrogen) atoms. The van der Waals surface area contributed by atoms with Gasteiger partial charge in [0.15, 0.2) is 0 Å². The van der Waals surface area contributed by atoms with Gasteiger partial charge in [-0.3, -0.25) is 4.79 Å². The molecule has 0 aliphatic heterocycles. The molecule has 2 aromatic carbocycles. The Morgan fingerprint density at radius 3 is 2.82 bits per heavy atom. The predicted octanol–water partition coefficient (Wildman–Crippen LogP) is 5.23. The second-order valence-corrected chi connectivity index (χ2v) is 6.98. The molecule has 3 rings (SSSR count). The molecule has 1 aromatic heterocycles. The molecule has 0 unspecified atom stereocenters. The summed E-state index contributed by atoms with van der Waals surface area (Å²) in [5, 5.41) is 8.07. The van der Waals surface area contributed by atoms with Crippen molar-refractivity contribution in [2.75, 3.05) is 23.1 Å². The van der Waals surface area contributed by atoms with Crippen LogP contribution in [0.3, 0.4) is 0 Å². The fourth-order valence-electron chi connectivity index (χ4n) is 2.58. The number of fused-ring (bicyclic) bond motifs is 1. The number of hydrogen-bond acceptors (Lipinski definition) is 5. The number of nitrogens with zero attached hydrogens (tertiary/aromatic N) is 2. The summed E-state index contributed by atoms with van der Waals surface area (Å²) in [6, 6.07) is 9.23. The molecule has 0 aliphatic rings. The van der Waals surface area contributed by atoms with E-state index in [-0.39, 0.29) is 5.91 Å². The molecule has 6 nitrogen and oxygen atoms in total. The van der Waals surface area contributed by atoms with Gasteiger partial charge in [0.2, 0.25) is 5.91 Å². The van der Waals surface area contributed by atoms with E-state index in [9.17, 15) is 4.79 Å². The van der Waals surface area contributed by atoms with Crippen molar-refractivity contribution in [1.29, 1.82) is 0 Å². The number of allylic oxidation sites excluding steroid dienone is 1. The van der Waals surface area contributed by atoms with Crippen LogP contribution in [0.25, 0.3) is 10.9 Å². The van der Waals surface area contributed by atoms with Crippen molar-refractivity contribution in [3.8, 4) is 5.75 Å². The maximum atomic E-state index is 12.1. The highest BCUT2D eigenvalue weighted by molar-refractivity contribution is 9.09. The molecular weight excluding hydrogens is 444 g/mol. The van der Waals surface area contributed by atoms with Crippen LogP contribution in [0, 0.1) is 6.92 Å². The van der Waals surface area contributed by atoms with E-state index < -0.39 is 0 Å². The van der Waals surface area contributed by atoms with Gasteiger partial charge in [-0.1, -0.05) is 39.7 Å². The molecular formula is C20H18BrClN4O2. The number of amides is 1. The molecule has 0 fully saturated rings. The number of ether oxygens (including phenoxy) is 1. The minimum atomic E-state index is -0.256. The summed E-state index contributed by atoms with van der Waals surface area (Å²) in [5.41, 5.74) is 3.00. The Hall–Kier alpha value is -2.64. The second kappa shape index (κ2) is 9.03. The number of anilines is 3. The number of benzene rings is 2. The quantitative estimate of drug-likeness (QED) is 0.388. The van der Waals surface area contributed by atoms with Gasteiger partial charge >= 0.3 is 0 Å². The minimum Gasteiger partial charge on any atom is -0.494 e. The number of methoxy groups -OCH3 is 1. The Bertz CT molecular complexity index is 1060. The van der Waals surface area contributed by atoms with Crippen LogP contribution in [0.5, 0.6) is 5.75 Å². The van der Waals surface area contributed by atoms with E-state index in [0.29, 0.717) is 33.1 Å². The molecule has 3 aromatic rings. The fraction of sp³-hybridized carbons (Fsp3) is 0.150. The van der Waals surface area contributed by atoms with E-state index >= 15 is 0 Å². The van der Waals surface area contributed by atoms with Crippen molar-refractivity contribution in [2.45, 2.75) is 6.92 Å². The average Bonchev–Trinajstić information content (AvgIpc) is 2.69. The molecule has 0 bridgehead atoms. The van der Waals surface area contributed by atoms with Crippen molar-refractivity contribution < 1.29 is 9.53 Å². The summed E-state index contributed by atoms with van der Waals surface area (Å²) in [6.07, 6.45) is 4.63. The predicted molar refractivity (Wildman–Crippen MR) is 117 cm³/mol. The van der Waals surface area contributed by atoms with Crippen LogP contribution in [-0.2, 0) is 4.79 Å². The first-order valence-electron chi connectivity index (χ1n) is 8.41. The van der Waals surface area contributed by atoms with Crippen molar-refractivity contribution in [3.63, 3.8) is 0 Å². The van der Waals surface area contributed by atoms with Crippen molar-refractivity contribution in [3.05, 3.63) is 59.4 Å². The standard InChI is InChI=1S/C20H18BrClN4O2/c1-12-5-6-13(8-15(12)22)25-20-14-9-17(26-19(27)4-3-7-21)18(28-2)10-16(14)23-11-24-20/h3-6,8-11H,7H2,1-2H3,(H,26,27)(H,23,24,25). The van der Waals surface area contributed by atoms with Crippen LogP contribution in [-0.4, -0.2) is 28.3 Å². The summed E-state index contributed by atoms with van der Waals surface area (Å²) in [4.78, 5) is 20.7. The largest absolute Gasteiger partial charge is 0.494 e. The van der Waals surface area contributed by atoms with Gasteiger partial charge in [0.1, 0.15) is 17.9 Å². The third kappa shape index (κ3) is 4.61. The van der Waals surface area contributed by atoms with Gasteiger partial charge in [-0.05, 0) is 30.7 Å². The molecule has 0 saturated heterocycles. The summed E-state index contributed by atoms with van der Waals surface area (Å²) in [5.74, 6) is 0.851. The van der Waals surface area contributed by atoms with Crippen LogP contribution in [0.15, 0.2) is 48.8 Å². The molecule has 0 saturated carbocycles. The maximum Gasteiger partial charge on any atom is 0.248 e. The summed E-state index contributed by atoms with van der Waals surface area (Å²) < 4.78 is 5.40. The molecule has 0 spiro atoms. The first-order chi connectivity index (χ1) is 13.5. The zero-order valence-electron chi connectivity index (χ0n) is 15.3. The number of aryl methyl sites for hydroxylation is 1. The first-order valence-corrected chi connectivity index (χ1v) is 9.91. The van der Waals surface area contributed by atoms with Crippen molar-refractivity contribution in [2.24, 2.45) is 0 Å². The first kappa shape index (κ1) is 20.1. The zero-order valence-corrected chi connectivity index (χ0v) is 17.6. The Morgan fingerprint density at radius 1 is 1.29 bits per heavy atom. The number of aromatic nitrogens is 2. The minimum absolute atomic E-state index is 0.256. The molecule has 0 aliphatic carbocycles. The van der Waals surface area contributed by atoms with E-state index in [0.717, 1.165) is 16.6 Å². The molecule has 1 heterocycles. The number of alkyl halides is 1. The lowest BCUT2D eigenvalue weighted by molar-refractivity contribution is -0.111. The van der Waals surface area contributed by atoms with Gasteiger partial charge in [0.05, 0.1) is 18.3 Å². The average molecular weight is 462 g/mol. The smallest absolute Gasteiger partial charge is 0.248 e. The number of rotatable bonds is 6.